The number of hydrogen-bond donors (Lipinski definition) is 2. The third-order valence-corrected chi connectivity index (χ3v) is 7.92. The minimum Gasteiger partial charge on any atom is -0.385 e. The van der Waals surface area contributed by atoms with E-state index in [4.69, 9.17) is 4.74 Å². The molecule has 0 spiro atoms. The number of aromatic nitrogens is 1. The molecular formula is C31H48N4O3. The van der Waals surface area contributed by atoms with Gasteiger partial charge in [-0.3, -0.25) is 9.59 Å². The predicted molar refractivity (Wildman–Crippen MR) is 153 cm³/mol. The number of hydrogen-bond acceptors (Lipinski definition) is 4. The van der Waals surface area contributed by atoms with E-state index >= 15 is 0 Å². The van der Waals surface area contributed by atoms with Crippen molar-refractivity contribution in [2.75, 3.05) is 33.4 Å². The molecule has 4 rings (SSSR count). The Morgan fingerprint density at radius 2 is 1.84 bits per heavy atom. The van der Waals surface area contributed by atoms with Crippen molar-refractivity contribution >= 4 is 22.7 Å². The summed E-state index contributed by atoms with van der Waals surface area (Å²) in [5, 5.41) is 4.72. The molecule has 1 aliphatic heterocycles. The van der Waals surface area contributed by atoms with Crippen molar-refractivity contribution in [1.82, 2.24) is 20.1 Å². The van der Waals surface area contributed by atoms with Gasteiger partial charge in [-0.05, 0) is 49.7 Å². The Bertz CT molecular complexity index is 1080. The molecule has 1 saturated carbocycles. The average molecular weight is 525 g/mol. The van der Waals surface area contributed by atoms with Gasteiger partial charge in [0, 0.05) is 67.9 Å². The highest BCUT2D eigenvalue weighted by molar-refractivity contribution is 5.86. The zero-order valence-electron chi connectivity index (χ0n) is 24.3. The maximum absolute atomic E-state index is 14.4. The standard InChI is InChI=1S/C31H48N4O3/c1-21(2)20-34(30(37)31(3,4)5)24-16-22(17-32-18-24)29(36)35(23-13-14-23)28(12-9-15-38-6)26-19-33-27-11-8-7-10-25(26)27/h7-8,10-11,19,21-24,28,32-33H,9,12-18,20H2,1-6H3/t22-,24+,28?/m1/s1. The lowest BCUT2D eigenvalue weighted by atomic mass is 9.88. The van der Waals surface area contributed by atoms with Crippen LogP contribution in [-0.4, -0.2) is 72.0 Å². The Morgan fingerprint density at radius 3 is 2.50 bits per heavy atom. The molecule has 2 aliphatic rings. The molecule has 2 aromatic rings. The molecule has 210 valence electrons. The van der Waals surface area contributed by atoms with Crippen LogP contribution in [-0.2, 0) is 14.3 Å². The van der Waals surface area contributed by atoms with E-state index in [-0.39, 0.29) is 35.9 Å². The second-order valence-electron chi connectivity index (χ2n) is 12.8. The lowest BCUT2D eigenvalue weighted by Gasteiger charge is -2.43. The zero-order valence-corrected chi connectivity index (χ0v) is 24.3. The maximum Gasteiger partial charge on any atom is 0.228 e. The van der Waals surface area contributed by atoms with Crippen molar-refractivity contribution in [2.24, 2.45) is 17.3 Å². The quantitative estimate of drug-likeness (QED) is 0.399. The lowest BCUT2D eigenvalue weighted by Crippen LogP contribution is -2.57. The van der Waals surface area contributed by atoms with Gasteiger partial charge in [-0.2, -0.15) is 0 Å². The predicted octanol–water partition coefficient (Wildman–Crippen LogP) is 5.14. The summed E-state index contributed by atoms with van der Waals surface area (Å²) < 4.78 is 5.39. The number of methoxy groups -OCH3 is 1. The number of nitrogens with zero attached hydrogens (tertiary/aromatic N) is 2. The van der Waals surface area contributed by atoms with Gasteiger partial charge in [-0.15, -0.1) is 0 Å². The summed E-state index contributed by atoms with van der Waals surface area (Å²) in [7, 11) is 1.74. The number of para-hydroxylation sites is 1. The number of rotatable bonds is 11. The molecule has 1 aromatic heterocycles. The number of ether oxygens (including phenoxy) is 1. The fourth-order valence-electron chi connectivity index (χ4n) is 5.95. The molecule has 38 heavy (non-hydrogen) atoms. The van der Waals surface area contributed by atoms with Gasteiger partial charge in [0.2, 0.25) is 11.8 Å². The SMILES string of the molecule is COCCCC(c1c[nH]c2ccccc12)N(C(=O)[C@H]1CNC[C@@H](N(CC(C)C)C(=O)C(C)(C)C)C1)C1CC1. The molecule has 0 radical (unpaired) electrons. The topological polar surface area (TPSA) is 77.7 Å². The first kappa shape index (κ1) is 28.6. The Labute approximate surface area is 228 Å². The second-order valence-corrected chi connectivity index (χ2v) is 12.8. The van der Waals surface area contributed by atoms with Crippen LogP contribution in [0.25, 0.3) is 10.9 Å². The summed E-state index contributed by atoms with van der Waals surface area (Å²) in [5.41, 5.74) is 1.85. The smallest absolute Gasteiger partial charge is 0.228 e. The highest BCUT2D eigenvalue weighted by Crippen LogP contribution is 2.41. The van der Waals surface area contributed by atoms with Crippen LogP contribution < -0.4 is 5.32 Å². The molecule has 0 bridgehead atoms. The summed E-state index contributed by atoms with van der Waals surface area (Å²) in [5.74, 6) is 0.616. The van der Waals surface area contributed by atoms with Gasteiger partial charge in [0.15, 0.2) is 0 Å². The monoisotopic (exact) mass is 524 g/mol. The van der Waals surface area contributed by atoms with Gasteiger partial charge in [-0.1, -0.05) is 52.8 Å². The average Bonchev–Trinajstić information content (AvgIpc) is 3.63. The third kappa shape index (κ3) is 6.60. The van der Waals surface area contributed by atoms with E-state index in [0.717, 1.165) is 37.7 Å². The number of H-pyrrole nitrogens is 1. The molecule has 1 saturated heterocycles. The molecule has 3 atom stereocenters. The first-order valence-corrected chi connectivity index (χ1v) is 14.5. The van der Waals surface area contributed by atoms with E-state index in [1.807, 2.05) is 31.7 Å². The molecule has 1 unspecified atom stereocenters. The van der Waals surface area contributed by atoms with Crippen molar-refractivity contribution < 1.29 is 14.3 Å². The fraction of sp³-hybridized carbons (Fsp3) is 0.677. The summed E-state index contributed by atoms with van der Waals surface area (Å²) in [6, 6.07) is 8.67. The highest BCUT2D eigenvalue weighted by atomic mass is 16.5. The van der Waals surface area contributed by atoms with Crippen molar-refractivity contribution in [2.45, 2.75) is 84.8 Å². The van der Waals surface area contributed by atoms with Crippen molar-refractivity contribution in [3.63, 3.8) is 0 Å². The molecule has 7 heteroatoms. The second kappa shape index (κ2) is 12.2. The van der Waals surface area contributed by atoms with E-state index in [2.05, 4.69) is 53.4 Å². The van der Waals surface area contributed by atoms with Crippen molar-refractivity contribution in [3.8, 4) is 0 Å². The minimum atomic E-state index is -0.451. The maximum atomic E-state index is 14.4. The summed E-state index contributed by atoms with van der Waals surface area (Å²) in [6.45, 7) is 13.1. The van der Waals surface area contributed by atoms with Crippen LogP contribution in [0.3, 0.4) is 0 Å². The summed E-state index contributed by atoms with van der Waals surface area (Å²) in [6.07, 6.45) is 6.68. The fourth-order valence-corrected chi connectivity index (χ4v) is 5.95. The molecular weight excluding hydrogens is 476 g/mol. The minimum absolute atomic E-state index is 0.00431. The van der Waals surface area contributed by atoms with E-state index in [1.54, 1.807) is 7.11 Å². The number of fused-ring (bicyclic) bond motifs is 1. The van der Waals surface area contributed by atoms with Gasteiger partial charge in [0.1, 0.15) is 0 Å². The van der Waals surface area contributed by atoms with E-state index in [0.29, 0.717) is 32.0 Å². The van der Waals surface area contributed by atoms with Crippen LogP contribution in [0.15, 0.2) is 30.5 Å². The lowest BCUT2D eigenvalue weighted by molar-refractivity contribution is -0.146. The molecule has 2 fully saturated rings. The normalized spacial score (nSPS) is 21.0. The van der Waals surface area contributed by atoms with E-state index in [1.165, 1.54) is 10.9 Å². The van der Waals surface area contributed by atoms with E-state index < -0.39 is 5.41 Å². The van der Waals surface area contributed by atoms with Crippen LogP contribution in [0.2, 0.25) is 0 Å². The summed E-state index contributed by atoms with van der Waals surface area (Å²) >= 11 is 0. The van der Waals surface area contributed by atoms with Gasteiger partial charge < -0.3 is 24.8 Å². The molecule has 1 aromatic carbocycles. The molecule has 2 N–H and O–H groups in total. The van der Waals surface area contributed by atoms with Crippen LogP contribution in [0, 0.1) is 17.3 Å². The van der Waals surface area contributed by atoms with Crippen molar-refractivity contribution in [3.05, 3.63) is 36.0 Å². The largest absolute Gasteiger partial charge is 0.385 e. The number of piperidine rings is 1. The molecule has 2 amide bonds. The first-order chi connectivity index (χ1) is 18.1. The number of benzene rings is 1. The Morgan fingerprint density at radius 1 is 1.11 bits per heavy atom. The summed E-state index contributed by atoms with van der Waals surface area (Å²) in [4.78, 5) is 35.5. The highest BCUT2D eigenvalue weighted by Gasteiger charge is 2.43. The molecule has 7 nitrogen and oxygen atoms in total. The van der Waals surface area contributed by atoms with Crippen LogP contribution in [0.5, 0.6) is 0 Å². The van der Waals surface area contributed by atoms with Crippen molar-refractivity contribution in [1.29, 1.82) is 0 Å². The van der Waals surface area contributed by atoms with Crippen LogP contribution >= 0.6 is 0 Å². The molecule has 2 heterocycles. The van der Waals surface area contributed by atoms with Gasteiger partial charge in [-0.25, -0.2) is 0 Å². The number of amides is 2. The number of nitrogens with one attached hydrogen (secondary N) is 2. The zero-order chi connectivity index (χ0) is 27.4. The Kier molecular flexibility index (Phi) is 9.19. The number of aromatic amines is 1. The number of carbonyl (C=O) groups excluding carboxylic acids is 2. The first-order valence-electron chi connectivity index (χ1n) is 14.5. The van der Waals surface area contributed by atoms with Gasteiger partial charge in [0.25, 0.3) is 0 Å². The third-order valence-electron chi connectivity index (χ3n) is 7.92. The Balaban J connectivity index is 1.60. The number of carbonyl (C=O) groups is 2. The molecule has 1 aliphatic carbocycles. The van der Waals surface area contributed by atoms with Crippen LogP contribution in [0.1, 0.15) is 78.3 Å². The Hall–Kier alpha value is -2.38. The van der Waals surface area contributed by atoms with E-state index in [9.17, 15) is 9.59 Å². The van der Waals surface area contributed by atoms with Gasteiger partial charge >= 0.3 is 0 Å². The van der Waals surface area contributed by atoms with Gasteiger partial charge in [0.05, 0.1) is 12.0 Å². The van der Waals surface area contributed by atoms with Crippen LogP contribution in [0.4, 0.5) is 0 Å².